The predicted octanol–water partition coefficient (Wildman–Crippen LogP) is 4.86. The summed E-state index contributed by atoms with van der Waals surface area (Å²) in [5.74, 6) is 1.62. The third-order valence-electron chi connectivity index (χ3n) is 5.15. The highest BCUT2D eigenvalue weighted by molar-refractivity contribution is 6.15. The number of carbonyl (C=O) groups is 2. The molecule has 0 bridgehead atoms. The molecule has 0 N–H and O–H groups in total. The van der Waals surface area contributed by atoms with Crippen LogP contribution in [0.25, 0.3) is 6.08 Å². The van der Waals surface area contributed by atoms with Crippen LogP contribution in [0.5, 0.6) is 28.7 Å². The minimum absolute atomic E-state index is 0.194. The van der Waals surface area contributed by atoms with Crippen LogP contribution < -0.4 is 23.7 Å². The zero-order chi connectivity index (χ0) is 23.5. The molecule has 1 heterocycles. The van der Waals surface area contributed by atoms with Gasteiger partial charge in [-0.2, -0.15) is 0 Å². The number of carbonyl (C=O) groups excluding carboxylic acids is 2. The summed E-state index contributed by atoms with van der Waals surface area (Å²) in [6, 6.07) is 15.2. The molecule has 3 aromatic carbocycles. The Morgan fingerprint density at radius 3 is 2.06 bits per heavy atom. The van der Waals surface area contributed by atoms with Crippen molar-refractivity contribution in [3.8, 4) is 28.7 Å². The van der Waals surface area contributed by atoms with Crippen LogP contribution in [0.1, 0.15) is 31.8 Å². The molecule has 0 fully saturated rings. The summed E-state index contributed by atoms with van der Waals surface area (Å²) in [5, 5.41) is 0. The zero-order valence-corrected chi connectivity index (χ0v) is 18.6. The lowest BCUT2D eigenvalue weighted by molar-refractivity contribution is 0.0733. The van der Waals surface area contributed by atoms with E-state index < -0.39 is 5.97 Å². The number of methoxy groups -OCH3 is 3. The highest BCUT2D eigenvalue weighted by Crippen LogP contribution is 2.38. The molecule has 4 rings (SSSR count). The van der Waals surface area contributed by atoms with Gasteiger partial charge in [-0.15, -0.1) is 0 Å². The van der Waals surface area contributed by atoms with Gasteiger partial charge in [0.05, 0.1) is 32.5 Å². The number of fused-ring (bicyclic) bond motifs is 1. The molecule has 1 aliphatic heterocycles. The highest BCUT2D eigenvalue weighted by Gasteiger charge is 2.30. The molecule has 3 aromatic rings. The van der Waals surface area contributed by atoms with E-state index in [2.05, 4.69) is 0 Å². The maximum absolute atomic E-state index is 12.9. The van der Waals surface area contributed by atoms with E-state index in [9.17, 15) is 9.59 Å². The van der Waals surface area contributed by atoms with E-state index in [1.54, 1.807) is 56.5 Å². The van der Waals surface area contributed by atoms with Gasteiger partial charge >= 0.3 is 5.97 Å². The molecule has 0 saturated heterocycles. The molecule has 0 aromatic heterocycles. The quantitative estimate of drug-likeness (QED) is 0.304. The second-order valence-electron chi connectivity index (χ2n) is 7.32. The van der Waals surface area contributed by atoms with Crippen LogP contribution in [0.3, 0.4) is 0 Å². The Balaban J connectivity index is 1.58. The maximum atomic E-state index is 12.9. The molecule has 0 radical (unpaired) electrons. The van der Waals surface area contributed by atoms with Gasteiger partial charge in [0.1, 0.15) is 28.7 Å². The lowest BCUT2D eigenvalue weighted by atomic mass is 10.0. The van der Waals surface area contributed by atoms with E-state index in [1.807, 2.05) is 12.1 Å². The van der Waals surface area contributed by atoms with Gasteiger partial charge in [0.15, 0.2) is 5.76 Å². The first kappa shape index (κ1) is 22.0. The van der Waals surface area contributed by atoms with Gasteiger partial charge in [0.25, 0.3) is 0 Å². The zero-order valence-electron chi connectivity index (χ0n) is 18.6. The molecule has 0 spiro atoms. The number of esters is 1. The summed E-state index contributed by atoms with van der Waals surface area (Å²) >= 11 is 0. The Kier molecular flexibility index (Phi) is 6.04. The molecule has 7 nitrogen and oxygen atoms in total. The summed E-state index contributed by atoms with van der Waals surface area (Å²) in [7, 11) is 4.59. The molecule has 168 valence electrons. The fourth-order valence-electron chi connectivity index (χ4n) is 3.48. The van der Waals surface area contributed by atoms with Crippen molar-refractivity contribution in [2.24, 2.45) is 0 Å². The van der Waals surface area contributed by atoms with Crippen LogP contribution in [0.2, 0.25) is 0 Å². The molecular formula is C26H22O7. The van der Waals surface area contributed by atoms with Gasteiger partial charge < -0.3 is 23.7 Å². The van der Waals surface area contributed by atoms with Crippen molar-refractivity contribution in [1.29, 1.82) is 0 Å². The fourth-order valence-corrected chi connectivity index (χ4v) is 3.48. The van der Waals surface area contributed by atoms with Crippen LogP contribution in [0, 0.1) is 6.92 Å². The van der Waals surface area contributed by atoms with Crippen molar-refractivity contribution in [3.05, 3.63) is 82.6 Å². The van der Waals surface area contributed by atoms with Crippen LogP contribution >= 0.6 is 0 Å². The second-order valence-corrected chi connectivity index (χ2v) is 7.32. The van der Waals surface area contributed by atoms with Crippen molar-refractivity contribution in [2.75, 3.05) is 21.3 Å². The molecule has 0 atom stereocenters. The van der Waals surface area contributed by atoms with Gasteiger partial charge in [-0.05, 0) is 54.5 Å². The van der Waals surface area contributed by atoms with Crippen molar-refractivity contribution in [3.63, 3.8) is 0 Å². The van der Waals surface area contributed by atoms with Crippen LogP contribution in [-0.4, -0.2) is 33.1 Å². The maximum Gasteiger partial charge on any atom is 0.343 e. The summed E-state index contributed by atoms with van der Waals surface area (Å²) in [4.78, 5) is 25.6. The van der Waals surface area contributed by atoms with Crippen molar-refractivity contribution < 1.29 is 33.3 Å². The van der Waals surface area contributed by atoms with Gasteiger partial charge in [0, 0.05) is 12.1 Å². The molecule has 0 unspecified atom stereocenters. The van der Waals surface area contributed by atoms with E-state index in [0.29, 0.717) is 28.4 Å². The van der Waals surface area contributed by atoms with Crippen molar-refractivity contribution in [2.45, 2.75) is 6.92 Å². The largest absolute Gasteiger partial charge is 0.497 e. The van der Waals surface area contributed by atoms with E-state index in [0.717, 1.165) is 11.3 Å². The summed E-state index contributed by atoms with van der Waals surface area (Å²) in [5.41, 5.74) is 2.14. The fraction of sp³-hybridized carbons (Fsp3) is 0.154. The Labute approximate surface area is 191 Å². The number of allylic oxidation sites excluding steroid dienone is 1. The van der Waals surface area contributed by atoms with Crippen LogP contribution in [0.4, 0.5) is 0 Å². The van der Waals surface area contributed by atoms with E-state index in [4.69, 9.17) is 23.7 Å². The number of aryl methyl sites for hydroxylation is 1. The topological polar surface area (TPSA) is 80.3 Å². The molecule has 7 heteroatoms. The monoisotopic (exact) mass is 446 g/mol. The first-order valence-electron chi connectivity index (χ1n) is 10.1. The van der Waals surface area contributed by atoms with Crippen molar-refractivity contribution >= 4 is 17.8 Å². The minimum Gasteiger partial charge on any atom is -0.497 e. The first-order valence-corrected chi connectivity index (χ1v) is 10.1. The van der Waals surface area contributed by atoms with E-state index >= 15 is 0 Å². The third kappa shape index (κ3) is 4.52. The summed E-state index contributed by atoms with van der Waals surface area (Å²) < 4.78 is 26.9. The molecule has 33 heavy (non-hydrogen) atoms. The standard InChI is InChI=1S/C26H22O7/c1-15-9-21(32-26(28)17-11-19(30-3)13-20(12-17)31-4)14-22-24(15)25(27)23(33-22)10-16-5-7-18(29-2)8-6-16/h5-14H,1-4H3/b23-10-. The Bertz CT molecular complexity index is 1230. The smallest absolute Gasteiger partial charge is 0.343 e. The average molecular weight is 446 g/mol. The molecule has 0 amide bonds. The summed E-state index contributed by atoms with van der Waals surface area (Å²) in [6.07, 6.45) is 1.66. The molecule has 0 aliphatic carbocycles. The molecule has 1 aliphatic rings. The first-order chi connectivity index (χ1) is 15.9. The lowest BCUT2D eigenvalue weighted by Gasteiger charge is -2.10. The lowest BCUT2D eigenvalue weighted by Crippen LogP contribution is -2.09. The number of Topliss-reactive ketones (excluding diaryl/α,β-unsaturated/α-hetero) is 1. The number of ether oxygens (including phenoxy) is 5. The van der Waals surface area contributed by atoms with E-state index in [-0.39, 0.29) is 22.9 Å². The Morgan fingerprint density at radius 1 is 0.818 bits per heavy atom. The van der Waals surface area contributed by atoms with Gasteiger partial charge in [-0.1, -0.05) is 12.1 Å². The van der Waals surface area contributed by atoms with E-state index in [1.165, 1.54) is 20.3 Å². The van der Waals surface area contributed by atoms with Crippen LogP contribution in [-0.2, 0) is 0 Å². The Hall–Kier alpha value is -4.26. The second kappa shape index (κ2) is 9.08. The highest BCUT2D eigenvalue weighted by atomic mass is 16.5. The number of hydrogen-bond acceptors (Lipinski definition) is 7. The third-order valence-corrected chi connectivity index (χ3v) is 5.15. The molecular weight excluding hydrogens is 424 g/mol. The average Bonchev–Trinajstić information content (AvgIpc) is 3.14. The number of hydrogen-bond donors (Lipinski definition) is 0. The van der Waals surface area contributed by atoms with Gasteiger partial charge in [0.2, 0.25) is 5.78 Å². The predicted molar refractivity (Wildman–Crippen MR) is 122 cm³/mol. The normalized spacial score (nSPS) is 13.3. The SMILES string of the molecule is COc1ccc(/C=C2\Oc3cc(OC(=O)c4cc(OC)cc(OC)c4)cc(C)c3C2=O)cc1. The van der Waals surface area contributed by atoms with Gasteiger partial charge in [-0.3, -0.25) is 4.79 Å². The summed E-state index contributed by atoms with van der Waals surface area (Å²) in [6.45, 7) is 1.77. The molecule has 0 saturated carbocycles. The van der Waals surface area contributed by atoms with Crippen molar-refractivity contribution in [1.82, 2.24) is 0 Å². The van der Waals surface area contributed by atoms with Gasteiger partial charge in [-0.25, -0.2) is 4.79 Å². The minimum atomic E-state index is -0.593. The number of ketones is 1. The number of benzene rings is 3. The van der Waals surface area contributed by atoms with Crippen LogP contribution in [0.15, 0.2) is 60.4 Å². The Morgan fingerprint density at radius 2 is 1.45 bits per heavy atom. The number of rotatable bonds is 6.